The number of halogens is 1. The molecule has 1 unspecified atom stereocenters. The van der Waals surface area contributed by atoms with Crippen LogP contribution in [0, 0.1) is 0 Å². The lowest BCUT2D eigenvalue weighted by molar-refractivity contribution is -0.121. The Kier molecular flexibility index (Phi) is 6.24. The van der Waals surface area contributed by atoms with Crippen molar-refractivity contribution in [3.8, 4) is 0 Å². The highest BCUT2D eigenvalue weighted by molar-refractivity contribution is 6.30. The number of amides is 2. The summed E-state index contributed by atoms with van der Waals surface area (Å²) in [5.41, 5.74) is -0.507. The number of carbonyl (C=O) groups excluding carboxylic acids is 2. The Morgan fingerprint density at radius 1 is 1.24 bits per heavy atom. The van der Waals surface area contributed by atoms with Crippen molar-refractivity contribution < 1.29 is 14.3 Å². The lowest BCUT2D eigenvalue weighted by atomic mass is 10.2. The lowest BCUT2D eigenvalue weighted by Crippen LogP contribution is -2.54. The van der Waals surface area contributed by atoms with E-state index in [2.05, 4.69) is 10.3 Å². The summed E-state index contributed by atoms with van der Waals surface area (Å²) >= 11 is 5.79. The zero-order chi connectivity index (χ0) is 18.6. The maximum Gasteiger partial charge on any atom is 0.410 e. The third-order valence-electron chi connectivity index (χ3n) is 3.87. The minimum atomic E-state index is -0.507. The summed E-state index contributed by atoms with van der Waals surface area (Å²) in [5.74, 6) is 0.328. The standard InChI is InChI=1S/C17H25ClN4O3/c1-12(15(23)20-14-6-5-13(18)11-19-14)21-7-9-22(10-8-21)16(24)25-17(2,3)4/h5-6,11-12H,7-10H2,1-4H3,(H,19,20,23). The zero-order valence-corrected chi connectivity index (χ0v) is 15.8. The molecule has 0 saturated carbocycles. The molecule has 0 spiro atoms. The molecule has 0 bridgehead atoms. The summed E-state index contributed by atoms with van der Waals surface area (Å²) < 4.78 is 5.38. The Balaban J connectivity index is 1.84. The molecule has 1 fully saturated rings. The van der Waals surface area contributed by atoms with E-state index in [1.54, 1.807) is 17.0 Å². The maximum absolute atomic E-state index is 12.4. The van der Waals surface area contributed by atoms with E-state index in [1.807, 2.05) is 32.6 Å². The van der Waals surface area contributed by atoms with E-state index >= 15 is 0 Å². The summed E-state index contributed by atoms with van der Waals surface area (Å²) in [5, 5.41) is 3.29. The lowest BCUT2D eigenvalue weighted by Gasteiger charge is -2.37. The van der Waals surface area contributed by atoms with E-state index in [0.29, 0.717) is 37.0 Å². The first-order valence-electron chi connectivity index (χ1n) is 8.30. The highest BCUT2D eigenvalue weighted by Crippen LogP contribution is 2.14. The Labute approximate surface area is 153 Å². The van der Waals surface area contributed by atoms with Gasteiger partial charge in [-0.25, -0.2) is 9.78 Å². The summed E-state index contributed by atoms with van der Waals surface area (Å²) in [6.07, 6.45) is 1.18. The van der Waals surface area contributed by atoms with Crippen LogP contribution in [0.5, 0.6) is 0 Å². The average molecular weight is 369 g/mol. The van der Waals surface area contributed by atoms with E-state index in [9.17, 15) is 9.59 Å². The molecular formula is C17H25ClN4O3. The number of ether oxygens (including phenoxy) is 1. The molecule has 0 radical (unpaired) electrons. The molecule has 25 heavy (non-hydrogen) atoms. The largest absolute Gasteiger partial charge is 0.444 e. The van der Waals surface area contributed by atoms with Crippen molar-refractivity contribution in [3.63, 3.8) is 0 Å². The molecule has 2 rings (SSSR count). The summed E-state index contributed by atoms with van der Waals surface area (Å²) in [6, 6.07) is 3.01. The number of pyridine rings is 1. The summed E-state index contributed by atoms with van der Waals surface area (Å²) in [4.78, 5) is 32.2. The van der Waals surface area contributed by atoms with Crippen LogP contribution in [0.3, 0.4) is 0 Å². The van der Waals surface area contributed by atoms with E-state index < -0.39 is 5.60 Å². The number of rotatable bonds is 3. The van der Waals surface area contributed by atoms with Gasteiger partial charge < -0.3 is 15.0 Å². The van der Waals surface area contributed by atoms with Crippen LogP contribution in [-0.4, -0.2) is 64.6 Å². The van der Waals surface area contributed by atoms with Crippen molar-refractivity contribution in [2.45, 2.75) is 39.3 Å². The Bertz CT molecular complexity index is 607. The Morgan fingerprint density at radius 3 is 2.40 bits per heavy atom. The number of nitrogens with zero attached hydrogens (tertiary/aromatic N) is 3. The predicted molar refractivity (Wildman–Crippen MR) is 96.7 cm³/mol. The molecule has 7 nitrogen and oxygen atoms in total. The fourth-order valence-corrected chi connectivity index (χ4v) is 2.58. The van der Waals surface area contributed by atoms with Crippen molar-refractivity contribution in [1.29, 1.82) is 0 Å². The van der Waals surface area contributed by atoms with E-state index in [0.717, 1.165) is 0 Å². The molecule has 1 N–H and O–H groups in total. The van der Waals surface area contributed by atoms with Gasteiger partial charge in [0.25, 0.3) is 0 Å². The third-order valence-corrected chi connectivity index (χ3v) is 4.10. The van der Waals surface area contributed by atoms with Crippen LogP contribution in [0.15, 0.2) is 18.3 Å². The van der Waals surface area contributed by atoms with E-state index in [4.69, 9.17) is 16.3 Å². The van der Waals surface area contributed by atoms with E-state index in [-0.39, 0.29) is 18.0 Å². The normalized spacial score (nSPS) is 17.1. The molecule has 0 aliphatic carbocycles. The molecule has 1 saturated heterocycles. The second kappa shape index (κ2) is 8.01. The monoisotopic (exact) mass is 368 g/mol. The number of carbonyl (C=O) groups is 2. The maximum atomic E-state index is 12.4. The molecule has 1 aromatic heterocycles. The summed E-state index contributed by atoms with van der Waals surface area (Å²) in [6.45, 7) is 9.67. The predicted octanol–water partition coefficient (Wildman–Crippen LogP) is 2.61. The highest BCUT2D eigenvalue weighted by atomic mass is 35.5. The molecule has 0 aromatic carbocycles. The van der Waals surface area contributed by atoms with Gasteiger partial charge in [-0.2, -0.15) is 0 Å². The fraction of sp³-hybridized carbons (Fsp3) is 0.588. The molecule has 1 atom stereocenters. The smallest absolute Gasteiger partial charge is 0.410 e. The molecule has 1 aromatic rings. The van der Waals surface area contributed by atoms with Crippen molar-refractivity contribution >= 4 is 29.4 Å². The van der Waals surface area contributed by atoms with Crippen LogP contribution in [0.4, 0.5) is 10.6 Å². The van der Waals surface area contributed by atoms with Gasteiger partial charge in [0, 0.05) is 32.4 Å². The van der Waals surface area contributed by atoms with Gasteiger partial charge >= 0.3 is 6.09 Å². The number of hydrogen-bond acceptors (Lipinski definition) is 5. The average Bonchev–Trinajstić information content (AvgIpc) is 2.55. The quantitative estimate of drug-likeness (QED) is 0.887. The Hall–Kier alpha value is -1.86. The van der Waals surface area contributed by atoms with Gasteiger partial charge in [-0.15, -0.1) is 0 Å². The minimum absolute atomic E-state index is 0.138. The fourth-order valence-electron chi connectivity index (χ4n) is 2.46. The molecule has 138 valence electrons. The first-order valence-corrected chi connectivity index (χ1v) is 8.68. The van der Waals surface area contributed by atoms with E-state index in [1.165, 1.54) is 6.20 Å². The SMILES string of the molecule is CC(C(=O)Nc1ccc(Cl)cn1)N1CCN(C(=O)OC(C)(C)C)CC1. The molecule has 1 aliphatic rings. The van der Waals surface area contributed by atoms with Gasteiger partial charge in [0.2, 0.25) is 5.91 Å². The minimum Gasteiger partial charge on any atom is -0.444 e. The van der Waals surface area contributed by atoms with Crippen LogP contribution < -0.4 is 5.32 Å². The van der Waals surface area contributed by atoms with Gasteiger partial charge in [0.1, 0.15) is 11.4 Å². The van der Waals surface area contributed by atoms with Crippen LogP contribution in [-0.2, 0) is 9.53 Å². The Morgan fingerprint density at radius 2 is 1.88 bits per heavy atom. The van der Waals surface area contributed by atoms with Crippen molar-refractivity contribution in [2.75, 3.05) is 31.5 Å². The van der Waals surface area contributed by atoms with Crippen LogP contribution in [0.1, 0.15) is 27.7 Å². The number of anilines is 1. The molecule has 2 heterocycles. The van der Waals surface area contributed by atoms with Gasteiger partial charge in [0.15, 0.2) is 0 Å². The molecule has 8 heteroatoms. The van der Waals surface area contributed by atoms with Crippen molar-refractivity contribution in [2.24, 2.45) is 0 Å². The van der Waals surface area contributed by atoms with Crippen LogP contribution >= 0.6 is 11.6 Å². The van der Waals surface area contributed by atoms with Gasteiger partial charge in [-0.3, -0.25) is 9.69 Å². The number of nitrogens with one attached hydrogen (secondary N) is 1. The topological polar surface area (TPSA) is 74.8 Å². The van der Waals surface area contributed by atoms with Gasteiger partial charge in [0.05, 0.1) is 11.1 Å². The van der Waals surface area contributed by atoms with Crippen LogP contribution in [0.2, 0.25) is 5.02 Å². The molecule has 1 aliphatic heterocycles. The number of piperazine rings is 1. The first kappa shape index (κ1) is 19.5. The molecule has 2 amide bonds. The van der Waals surface area contributed by atoms with Crippen LogP contribution in [0.25, 0.3) is 0 Å². The van der Waals surface area contributed by atoms with Gasteiger partial charge in [-0.05, 0) is 39.8 Å². The third kappa shape index (κ3) is 5.86. The van der Waals surface area contributed by atoms with Crippen molar-refractivity contribution in [1.82, 2.24) is 14.8 Å². The first-order chi connectivity index (χ1) is 11.7. The molecular weight excluding hydrogens is 344 g/mol. The summed E-state index contributed by atoms with van der Waals surface area (Å²) in [7, 11) is 0. The highest BCUT2D eigenvalue weighted by Gasteiger charge is 2.29. The zero-order valence-electron chi connectivity index (χ0n) is 15.1. The van der Waals surface area contributed by atoms with Gasteiger partial charge in [-0.1, -0.05) is 11.6 Å². The second-order valence-corrected chi connectivity index (χ2v) is 7.47. The number of hydrogen-bond donors (Lipinski definition) is 1. The van der Waals surface area contributed by atoms with Crippen molar-refractivity contribution in [3.05, 3.63) is 23.4 Å². The number of aromatic nitrogens is 1. The second-order valence-electron chi connectivity index (χ2n) is 7.03.